The summed E-state index contributed by atoms with van der Waals surface area (Å²) >= 11 is 0. The van der Waals surface area contributed by atoms with Gasteiger partial charge in [0.05, 0.1) is 17.7 Å². The Hall–Kier alpha value is -0.610. The SMILES string of the molecule is CC1(NC(=O)C2(N)CC2)CCOC1. The lowest BCUT2D eigenvalue weighted by Gasteiger charge is -2.25. The van der Waals surface area contributed by atoms with E-state index in [1.54, 1.807) is 0 Å². The van der Waals surface area contributed by atoms with E-state index < -0.39 is 5.54 Å². The van der Waals surface area contributed by atoms with E-state index in [0.29, 0.717) is 6.61 Å². The first kappa shape index (κ1) is 8.97. The third kappa shape index (κ3) is 1.69. The fourth-order valence-electron chi connectivity index (χ4n) is 1.53. The molecule has 1 atom stereocenters. The molecule has 1 aliphatic carbocycles. The van der Waals surface area contributed by atoms with Gasteiger partial charge < -0.3 is 15.8 Å². The number of carbonyl (C=O) groups is 1. The monoisotopic (exact) mass is 184 g/mol. The van der Waals surface area contributed by atoms with Crippen LogP contribution in [0, 0.1) is 0 Å². The predicted octanol–water partition coefficient (Wildman–Crippen LogP) is -0.227. The van der Waals surface area contributed by atoms with E-state index in [4.69, 9.17) is 10.5 Å². The van der Waals surface area contributed by atoms with Crippen LogP contribution in [0.25, 0.3) is 0 Å². The zero-order valence-corrected chi connectivity index (χ0v) is 7.93. The van der Waals surface area contributed by atoms with Crippen LogP contribution in [0.2, 0.25) is 0 Å². The number of hydrogen-bond donors (Lipinski definition) is 2. The highest BCUT2D eigenvalue weighted by molar-refractivity contribution is 5.89. The van der Waals surface area contributed by atoms with E-state index in [-0.39, 0.29) is 11.4 Å². The summed E-state index contributed by atoms with van der Waals surface area (Å²) in [4.78, 5) is 11.6. The van der Waals surface area contributed by atoms with Crippen molar-refractivity contribution in [2.45, 2.75) is 37.3 Å². The van der Waals surface area contributed by atoms with Crippen LogP contribution in [0.4, 0.5) is 0 Å². The van der Waals surface area contributed by atoms with E-state index in [0.717, 1.165) is 25.9 Å². The first-order chi connectivity index (χ1) is 6.04. The van der Waals surface area contributed by atoms with Crippen molar-refractivity contribution in [1.82, 2.24) is 5.32 Å². The Morgan fingerprint density at radius 1 is 1.46 bits per heavy atom. The van der Waals surface area contributed by atoms with Gasteiger partial charge in [-0.1, -0.05) is 0 Å². The van der Waals surface area contributed by atoms with Crippen LogP contribution in [0.3, 0.4) is 0 Å². The lowest BCUT2D eigenvalue weighted by atomic mass is 10.0. The molecule has 3 N–H and O–H groups in total. The quantitative estimate of drug-likeness (QED) is 0.623. The second kappa shape index (κ2) is 2.69. The summed E-state index contributed by atoms with van der Waals surface area (Å²) in [6, 6.07) is 0. The van der Waals surface area contributed by atoms with Crippen LogP contribution in [0.5, 0.6) is 0 Å². The maximum Gasteiger partial charge on any atom is 0.240 e. The van der Waals surface area contributed by atoms with Gasteiger partial charge in [-0.2, -0.15) is 0 Å². The lowest BCUT2D eigenvalue weighted by molar-refractivity contribution is -0.125. The van der Waals surface area contributed by atoms with Gasteiger partial charge in [-0.25, -0.2) is 0 Å². The molecular weight excluding hydrogens is 168 g/mol. The zero-order chi connectivity index (χ0) is 9.53. The third-order valence-corrected chi connectivity index (χ3v) is 2.87. The molecule has 0 aromatic rings. The summed E-state index contributed by atoms with van der Waals surface area (Å²) in [5.74, 6) is -0.0134. The number of rotatable bonds is 2. The molecule has 1 unspecified atom stereocenters. The Kier molecular flexibility index (Phi) is 1.85. The summed E-state index contributed by atoms with van der Waals surface area (Å²) in [5.41, 5.74) is 5.02. The second-order valence-corrected chi connectivity index (χ2v) is 4.47. The summed E-state index contributed by atoms with van der Waals surface area (Å²) in [7, 11) is 0. The molecule has 1 saturated carbocycles. The van der Waals surface area contributed by atoms with Gasteiger partial charge in [-0.15, -0.1) is 0 Å². The van der Waals surface area contributed by atoms with Crippen LogP contribution >= 0.6 is 0 Å². The summed E-state index contributed by atoms with van der Waals surface area (Å²) in [6.45, 7) is 3.34. The molecule has 2 fully saturated rings. The molecule has 0 aromatic carbocycles. The Balaban J connectivity index is 1.93. The zero-order valence-electron chi connectivity index (χ0n) is 7.93. The minimum atomic E-state index is -0.564. The molecule has 4 nitrogen and oxygen atoms in total. The Morgan fingerprint density at radius 2 is 2.15 bits per heavy atom. The predicted molar refractivity (Wildman–Crippen MR) is 48.1 cm³/mol. The highest BCUT2D eigenvalue weighted by Gasteiger charge is 2.48. The first-order valence-corrected chi connectivity index (χ1v) is 4.73. The molecule has 0 radical (unpaired) electrons. The van der Waals surface area contributed by atoms with Crippen LogP contribution in [0.1, 0.15) is 26.2 Å². The van der Waals surface area contributed by atoms with E-state index in [1.165, 1.54) is 0 Å². The van der Waals surface area contributed by atoms with Crippen molar-refractivity contribution in [3.63, 3.8) is 0 Å². The molecular formula is C9H16N2O2. The van der Waals surface area contributed by atoms with Gasteiger partial charge in [0.1, 0.15) is 0 Å². The topological polar surface area (TPSA) is 64.4 Å². The number of amides is 1. The van der Waals surface area contributed by atoms with Crippen LogP contribution in [-0.2, 0) is 9.53 Å². The van der Waals surface area contributed by atoms with Gasteiger partial charge in [-0.05, 0) is 26.2 Å². The molecule has 1 saturated heterocycles. The minimum absolute atomic E-state index is 0.0134. The van der Waals surface area contributed by atoms with Crippen molar-refractivity contribution in [2.24, 2.45) is 5.73 Å². The van der Waals surface area contributed by atoms with Crippen LogP contribution in [-0.4, -0.2) is 30.2 Å². The van der Waals surface area contributed by atoms with Crippen molar-refractivity contribution in [3.05, 3.63) is 0 Å². The minimum Gasteiger partial charge on any atom is -0.379 e. The van der Waals surface area contributed by atoms with Gasteiger partial charge in [0, 0.05) is 6.61 Å². The van der Waals surface area contributed by atoms with Crippen molar-refractivity contribution in [1.29, 1.82) is 0 Å². The van der Waals surface area contributed by atoms with E-state index in [1.807, 2.05) is 6.92 Å². The molecule has 1 heterocycles. The molecule has 1 amide bonds. The number of ether oxygens (including phenoxy) is 1. The van der Waals surface area contributed by atoms with Crippen LogP contribution < -0.4 is 11.1 Å². The average Bonchev–Trinajstić information content (AvgIpc) is 2.67. The normalized spacial score (nSPS) is 35.8. The summed E-state index contributed by atoms with van der Waals surface area (Å²) in [5, 5.41) is 2.97. The van der Waals surface area contributed by atoms with Gasteiger partial charge in [-0.3, -0.25) is 4.79 Å². The molecule has 1 aliphatic heterocycles. The summed E-state index contributed by atoms with van der Waals surface area (Å²) < 4.78 is 5.24. The first-order valence-electron chi connectivity index (χ1n) is 4.73. The van der Waals surface area contributed by atoms with Gasteiger partial charge in [0.25, 0.3) is 0 Å². The maximum atomic E-state index is 11.6. The Bertz CT molecular complexity index is 230. The van der Waals surface area contributed by atoms with Crippen molar-refractivity contribution < 1.29 is 9.53 Å². The smallest absolute Gasteiger partial charge is 0.240 e. The fraction of sp³-hybridized carbons (Fsp3) is 0.889. The number of nitrogens with one attached hydrogen (secondary N) is 1. The largest absolute Gasteiger partial charge is 0.379 e. The van der Waals surface area contributed by atoms with Gasteiger partial charge in [0.2, 0.25) is 5.91 Å². The van der Waals surface area contributed by atoms with E-state index in [9.17, 15) is 4.79 Å². The highest BCUT2D eigenvalue weighted by Crippen LogP contribution is 2.33. The summed E-state index contributed by atoms with van der Waals surface area (Å²) in [6.07, 6.45) is 2.51. The average molecular weight is 184 g/mol. The van der Waals surface area contributed by atoms with Crippen molar-refractivity contribution >= 4 is 5.91 Å². The van der Waals surface area contributed by atoms with Gasteiger partial charge >= 0.3 is 0 Å². The standard InChI is InChI=1S/C9H16N2O2/c1-8(4-5-13-6-8)11-7(12)9(10)2-3-9/h2-6,10H2,1H3,(H,11,12). The maximum absolute atomic E-state index is 11.6. The molecule has 2 aliphatic rings. The van der Waals surface area contributed by atoms with Crippen molar-refractivity contribution in [2.75, 3.05) is 13.2 Å². The van der Waals surface area contributed by atoms with Gasteiger partial charge in [0.15, 0.2) is 0 Å². The number of hydrogen-bond acceptors (Lipinski definition) is 3. The van der Waals surface area contributed by atoms with E-state index in [2.05, 4.69) is 5.32 Å². The number of nitrogens with two attached hydrogens (primary N) is 1. The molecule has 13 heavy (non-hydrogen) atoms. The third-order valence-electron chi connectivity index (χ3n) is 2.87. The highest BCUT2D eigenvalue weighted by atomic mass is 16.5. The molecule has 0 aromatic heterocycles. The molecule has 4 heteroatoms. The molecule has 74 valence electrons. The molecule has 0 spiro atoms. The van der Waals surface area contributed by atoms with Crippen molar-refractivity contribution in [3.8, 4) is 0 Å². The second-order valence-electron chi connectivity index (χ2n) is 4.47. The molecule has 2 rings (SSSR count). The van der Waals surface area contributed by atoms with Crippen LogP contribution in [0.15, 0.2) is 0 Å². The molecule has 0 bridgehead atoms. The van der Waals surface area contributed by atoms with E-state index >= 15 is 0 Å². The Morgan fingerprint density at radius 3 is 2.62 bits per heavy atom. The Labute approximate surface area is 77.8 Å². The number of carbonyl (C=O) groups excluding carboxylic acids is 1. The lowest BCUT2D eigenvalue weighted by Crippen LogP contribution is -2.53. The fourth-order valence-corrected chi connectivity index (χ4v) is 1.53.